The van der Waals surface area contributed by atoms with Gasteiger partial charge in [-0.1, -0.05) is 0 Å². The van der Waals surface area contributed by atoms with E-state index >= 15 is 0 Å². The molecule has 0 aromatic rings. The topological polar surface area (TPSA) is 220 Å². The average Bonchev–Trinajstić information content (AvgIpc) is 2.59. The van der Waals surface area contributed by atoms with Crippen molar-refractivity contribution in [3.8, 4) is 0 Å². The first-order valence-corrected chi connectivity index (χ1v) is 8.87. The van der Waals surface area contributed by atoms with Gasteiger partial charge in [-0.05, 0) is 39.7 Å². The Balaban J connectivity index is 4.60. The maximum absolute atomic E-state index is 12.1. The lowest BCUT2D eigenvalue weighted by atomic mass is 10.1. The summed E-state index contributed by atoms with van der Waals surface area (Å²) in [5, 5.41) is 16.2. The van der Waals surface area contributed by atoms with Crippen LogP contribution in [-0.4, -0.2) is 65.4 Å². The molecule has 0 fully saturated rings. The van der Waals surface area contributed by atoms with Gasteiger partial charge in [0, 0.05) is 0 Å². The summed E-state index contributed by atoms with van der Waals surface area (Å²) in [4.78, 5) is 58.0. The standard InChI is InChI=1S/C16H30N6O6/c1-8(21-15(26)10(18)7-12(19)23)13(24)20-9(2)14(25)22-11(16(27)28)5-3-4-6-17/h8-11H,3-7,17-18H2,1-2H3,(H2,19,23)(H,20,24)(H,21,26)(H,22,25)(H,27,28). The highest BCUT2D eigenvalue weighted by Gasteiger charge is 2.26. The van der Waals surface area contributed by atoms with E-state index in [0.29, 0.717) is 19.4 Å². The number of nitrogens with two attached hydrogens (primary N) is 3. The van der Waals surface area contributed by atoms with Gasteiger partial charge in [0.25, 0.3) is 0 Å². The van der Waals surface area contributed by atoms with Crippen LogP contribution in [0.2, 0.25) is 0 Å². The molecule has 0 rings (SSSR count). The van der Waals surface area contributed by atoms with Gasteiger partial charge in [0.05, 0.1) is 12.5 Å². The van der Waals surface area contributed by atoms with E-state index in [1.165, 1.54) is 13.8 Å². The molecule has 4 amide bonds. The van der Waals surface area contributed by atoms with Crippen molar-refractivity contribution in [2.75, 3.05) is 6.54 Å². The first-order chi connectivity index (χ1) is 13.0. The quantitative estimate of drug-likeness (QED) is 0.156. The van der Waals surface area contributed by atoms with Gasteiger partial charge in [-0.2, -0.15) is 0 Å². The van der Waals surface area contributed by atoms with Crippen molar-refractivity contribution in [3.05, 3.63) is 0 Å². The molecule has 12 heteroatoms. The van der Waals surface area contributed by atoms with Gasteiger partial charge in [0.1, 0.15) is 18.1 Å². The lowest BCUT2D eigenvalue weighted by Crippen LogP contribution is -2.55. The number of carboxylic acids is 1. The van der Waals surface area contributed by atoms with Crippen LogP contribution in [0.15, 0.2) is 0 Å². The van der Waals surface area contributed by atoms with E-state index in [2.05, 4.69) is 16.0 Å². The number of rotatable bonds is 13. The molecule has 4 unspecified atom stereocenters. The van der Waals surface area contributed by atoms with Gasteiger partial charge in [-0.3, -0.25) is 19.2 Å². The zero-order valence-corrected chi connectivity index (χ0v) is 16.1. The van der Waals surface area contributed by atoms with E-state index in [1.807, 2.05) is 0 Å². The Kier molecular flexibility index (Phi) is 11.4. The maximum Gasteiger partial charge on any atom is 0.326 e. The molecule has 12 nitrogen and oxygen atoms in total. The fourth-order valence-electron chi connectivity index (χ4n) is 2.15. The second-order valence-corrected chi connectivity index (χ2v) is 6.42. The lowest BCUT2D eigenvalue weighted by Gasteiger charge is -2.21. The molecule has 0 saturated carbocycles. The van der Waals surface area contributed by atoms with E-state index in [9.17, 15) is 24.0 Å². The molecule has 0 aliphatic carbocycles. The molecule has 10 N–H and O–H groups in total. The summed E-state index contributed by atoms with van der Waals surface area (Å²) in [6.07, 6.45) is 0.993. The number of hydrogen-bond acceptors (Lipinski definition) is 7. The normalized spacial score (nSPS) is 14.9. The lowest BCUT2D eigenvalue weighted by molar-refractivity contribution is -0.142. The van der Waals surface area contributed by atoms with Crippen molar-refractivity contribution in [3.63, 3.8) is 0 Å². The number of hydrogen-bond donors (Lipinski definition) is 7. The second kappa shape index (κ2) is 12.6. The van der Waals surface area contributed by atoms with Gasteiger partial charge < -0.3 is 38.3 Å². The van der Waals surface area contributed by atoms with Crippen LogP contribution >= 0.6 is 0 Å². The zero-order valence-electron chi connectivity index (χ0n) is 16.1. The van der Waals surface area contributed by atoms with E-state index in [1.54, 1.807) is 0 Å². The van der Waals surface area contributed by atoms with E-state index in [-0.39, 0.29) is 12.8 Å². The van der Waals surface area contributed by atoms with Crippen LogP contribution < -0.4 is 33.2 Å². The molecule has 0 radical (unpaired) electrons. The molecule has 0 aliphatic heterocycles. The molecule has 0 heterocycles. The van der Waals surface area contributed by atoms with Crippen LogP contribution in [0, 0.1) is 0 Å². The van der Waals surface area contributed by atoms with Crippen LogP contribution in [-0.2, 0) is 24.0 Å². The third-order valence-corrected chi connectivity index (χ3v) is 3.82. The highest BCUT2D eigenvalue weighted by atomic mass is 16.4. The minimum atomic E-state index is -1.20. The molecule has 28 heavy (non-hydrogen) atoms. The van der Waals surface area contributed by atoms with Gasteiger partial charge in [0.15, 0.2) is 0 Å². The third kappa shape index (κ3) is 9.83. The van der Waals surface area contributed by atoms with Gasteiger partial charge in [0.2, 0.25) is 23.6 Å². The largest absolute Gasteiger partial charge is 0.480 e. The summed E-state index contributed by atoms with van der Waals surface area (Å²) >= 11 is 0. The fraction of sp³-hybridized carbons (Fsp3) is 0.688. The fourth-order valence-corrected chi connectivity index (χ4v) is 2.15. The molecule has 0 saturated heterocycles. The Morgan fingerprint density at radius 3 is 1.86 bits per heavy atom. The summed E-state index contributed by atoms with van der Waals surface area (Å²) in [6.45, 7) is 3.15. The molecule has 0 aromatic carbocycles. The maximum atomic E-state index is 12.1. The number of unbranched alkanes of at least 4 members (excludes halogenated alkanes) is 1. The minimum Gasteiger partial charge on any atom is -0.480 e. The highest BCUT2D eigenvalue weighted by molar-refractivity contribution is 5.94. The smallest absolute Gasteiger partial charge is 0.326 e. The number of carbonyl (C=O) groups is 5. The van der Waals surface area contributed by atoms with Crippen LogP contribution in [0.1, 0.15) is 39.5 Å². The van der Waals surface area contributed by atoms with Crippen LogP contribution in [0.3, 0.4) is 0 Å². The first kappa shape index (κ1) is 25.3. The number of nitrogens with one attached hydrogen (secondary N) is 3. The van der Waals surface area contributed by atoms with Crippen molar-refractivity contribution in [2.24, 2.45) is 17.2 Å². The number of carbonyl (C=O) groups excluding carboxylic acids is 4. The van der Waals surface area contributed by atoms with Crippen LogP contribution in [0.4, 0.5) is 0 Å². The zero-order chi connectivity index (χ0) is 21.9. The SMILES string of the molecule is CC(NC(=O)C(N)CC(N)=O)C(=O)NC(C)C(=O)NC(CCCCN)C(=O)O. The summed E-state index contributed by atoms with van der Waals surface area (Å²) in [7, 11) is 0. The van der Waals surface area contributed by atoms with Crippen molar-refractivity contribution in [1.29, 1.82) is 0 Å². The number of aliphatic carboxylic acids is 1. The highest BCUT2D eigenvalue weighted by Crippen LogP contribution is 2.01. The Bertz CT molecular complexity index is 584. The van der Waals surface area contributed by atoms with Gasteiger partial charge in [-0.25, -0.2) is 4.79 Å². The Morgan fingerprint density at radius 2 is 1.39 bits per heavy atom. The molecule has 160 valence electrons. The monoisotopic (exact) mass is 402 g/mol. The minimum absolute atomic E-state index is 0.211. The number of carboxylic acid groups (broad SMARTS) is 1. The van der Waals surface area contributed by atoms with Crippen molar-refractivity contribution < 1.29 is 29.1 Å². The van der Waals surface area contributed by atoms with Gasteiger partial charge >= 0.3 is 5.97 Å². The van der Waals surface area contributed by atoms with Crippen LogP contribution in [0.5, 0.6) is 0 Å². The predicted molar refractivity (Wildman–Crippen MR) is 99.5 cm³/mol. The summed E-state index contributed by atoms with van der Waals surface area (Å²) in [5.41, 5.74) is 15.8. The van der Waals surface area contributed by atoms with Crippen molar-refractivity contribution >= 4 is 29.6 Å². The summed E-state index contributed by atoms with van der Waals surface area (Å²) in [6, 6.07) is -4.37. The van der Waals surface area contributed by atoms with E-state index in [4.69, 9.17) is 22.3 Å². The second-order valence-electron chi connectivity index (χ2n) is 6.42. The van der Waals surface area contributed by atoms with Gasteiger partial charge in [-0.15, -0.1) is 0 Å². The number of amides is 4. The molecular weight excluding hydrogens is 372 g/mol. The van der Waals surface area contributed by atoms with E-state index < -0.39 is 53.8 Å². The Hall–Kier alpha value is -2.73. The number of primary amides is 1. The first-order valence-electron chi connectivity index (χ1n) is 8.87. The molecule has 0 bridgehead atoms. The summed E-state index contributed by atoms with van der Waals surface area (Å²) < 4.78 is 0. The molecule has 0 aliphatic rings. The summed E-state index contributed by atoms with van der Waals surface area (Å²) in [5.74, 6) is -4.06. The molecular formula is C16H30N6O6. The van der Waals surface area contributed by atoms with Crippen molar-refractivity contribution in [1.82, 2.24) is 16.0 Å². The predicted octanol–water partition coefficient (Wildman–Crippen LogP) is -3.10. The molecule has 0 aromatic heterocycles. The molecule has 0 spiro atoms. The Morgan fingerprint density at radius 1 is 0.893 bits per heavy atom. The van der Waals surface area contributed by atoms with Crippen molar-refractivity contribution in [2.45, 2.75) is 63.7 Å². The third-order valence-electron chi connectivity index (χ3n) is 3.82. The Labute approximate surface area is 162 Å². The average molecular weight is 402 g/mol. The van der Waals surface area contributed by atoms with E-state index in [0.717, 1.165) is 0 Å². The van der Waals surface area contributed by atoms with Crippen LogP contribution in [0.25, 0.3) is 0 Å². The molecule has 4 atom stereocenters.